The van der Waals surface area contributed by atoms with Gasteiger partial charge in [-0.25, -0.2) is 9.97 Å². The topological polar surface area (TPSA) is 35.6 Å². The number of para-hydroxylation sites is 4. The fraction of sp³-hybridized carbons (Fsp3) is 0. The normalized spacial score (nSPS) is 11.5. The molecule has 12 rings (SSSR count). The number of fused-ring (bicyclic) bond motifs is 6. The van der Waals surface area contributed by atoms with Crippen molar-refractivity contribution in [2.75, 3.05) is 0 Å². The van der Waals surface area contributed by atoms with Crippen LogP contribution < -0.4 is 0 Å². The first-order valence-electron chi connectivity index (χ1n) is 21.1. The van der Waals surface area contributed by atoms with Crippen LogP contribution in [0.4, 0.5) is 0 Å². The molecule has 0 atom stereocenters. The van der Waals surface area contributed by atoms with E-state index in [9.17, 15) is 0 Å². The molecule has 0 aliphatic heterocycles. The van der Waals surface area contributed by atoms with Gasteiger partial charge in [-0.15, -0.1) is 0 Å². The van der Waals surface area contributed by atoms with Gasteiger partial charge in [-0.3, -0.25) is 0 Å². The first-order chi connectivity index (χ1) is 30.7. The van der Waals surface area contributed by atoms with E-state index in [-0.39, 0.29) is 0 Å². The fourth-order valence-electron chi connectivity index (χ4n) is 9.26. The average Bonchev–Trinajstić information content (AvgIpc) is 3.88. The Labute approximate surface area is 359 Å². The zero-order chi connectivity index (χ0) is 41.0. The summed E-state index contributed by atoms with van der Waals surface area (Å²) in [4.78, 5) is 10.1. The molecule has 0 aliphatic rings. The Hall–Kier alpha value is -8.34. The molecular formula is C58H38N4. The van der Waals surface area contributed by atoms with E-state index >= 15 is 0 Å². The van der Waals surface area contributed by atoms with Crippen LogP contribution in [0.25, 0.3) is 111 Å². The van der Waals surface area contributed by atoms with Gasteiger partial charge in [0.05, 0.1) is 33.5 Å². The molecule has 4 heteroatoms. The Morgan fingerprint density at radius 1 is 0.274 bits per heavy atom. The highest BCUT2D eigenvalue weighted by Crippen LogP contribution is 2.40. The van der Waals surface area contributed by atoms with Crippen LogP contribution in [-0.2, 0) is 0 Å². The highest BCUT2D eigenvalue weighted by Gasteiger charge is 2.19. The van der Waals surface area contributed by atoms with E-state index in [1.165, 1.54) is 54.7 Å². The Balaban J connectivity index is 0.964. The van der Waals surface area contributed by atoms with Gasteiger partial charge in [-0.05, 0) is 65.2 Å². The lowest BCUT2D eigenvalue weighted by molar-refractivity contribution is 1.17. The van der Waals surface area contributed by atoms with Crippen LogP contribution in [0.5, 0.6) is 0 Å². The van der Waals surface area contributed by atoms with Gasteiger partial charge < -0.3 is 9.13 Å². The molecule has 4 nitrogen and oxygen atoms in total. The molecule has 0 bridgehead atoms. The highest BCUT2D eigenvalue weighted by molar-refractivity contribution is 6.14. The zero-order valence-corrected chi connectivity index (χ0v) is 33.7. The standard InChI is InChI=1S/C58H38N4/c1-3-16-40(17-4-1)52-38-53(41-18-5-2-6-19-41)60-58(59-52)42-34-32-39(33-35-42)43-20-13-23-46(36-43)62-56-31-12-9-26-50(56)51-28-15-27-47(57(51)62)44-21-14-22-45(37-44)61-54-29-10-7-24-48(54)49-25-8-11-30-55(49)61/h1-38H. The number of benzene rings is 9. The lowest BCUT2D eigenvalue weighted by Gasteiger charge is -2.15. The summed E-state index contributed by atoms with van der Waals surface area (Å²) in [5, 5.41) is 4.97. The largest absolute Gasteiger partial charge is 0.309 e. The minimum Gasteiger partial charge on any atom is -0.309 e. The molecule has 62 heavy (non-hydrogen) atoms. The van der Waals surface area contributed by atoms with E-state index in [4.69, 9.17) is 9.97 Å². The van der Waals surface area contributed by atoms with Crippen LogP contribution in [0.15, 0.2) is 231 Å². The molecule has 0 radical (unpaired) electrons. The van der Waals surface area contributed by atoms with Crippen LogP contribution in [0.2, 0.25) is 0 Å². The van der Waals surface area contributed by atoms with E-state index < -0.39 is 0 Å². The van der Waals surface area contributed by atoms with Crippen LogP contribution in [0.1, 0.15) is 0 Å². The van der Waals surface area contributed by atoms with E-state index in [1.807, 2.05) is 36.4 Å². The van der Waals surface area contributed by atoms with Crippen molar-refractivity contribution in [3.63, 3.8) is 0 Å². The Morgan fingerprint density at radius 3 is 1.32 bits per heavy atom. The van der Waals surface area contributed by atoms with E-state index in [1.54, 1.807) is 0 Å². The average molecular weight is 791 g/mol. The maximum Gasteiger partial charge on any atom is 0.160 e. The predicted octanol–water partition coefficient (Wildman–Crippen LogP) is 15.0. The number of rotatable bonds is 7. The third-order valence-electron chi connectivity index (χ3n) is 12.1. The molecule has 0 spiro atoms. The van der Waals surface area contributed by atoms with Crippen molar-refractivity contribution in [1.82, 2.24) is 19.1 Å². The fourth-order valence-corrected chi connectivity index (χ4v) is 9.26. The Kier molecular flexibility index (Phi) is 8.46. The Bertz CT molecular complexity index is 3510. The first-order valence-corrected chi connectivity index (χ1v) is 21.1. The van der Waals surface area contributed by atoms with Crippen molar-refractivity contribution in [3.05, 3.63) is 231 Å². The van der Waals surface area contributed by atoms with Crippen LogP contribution in [0, 0.1) is 0 Å². The maximum atomic E-state index is 5.07. The summed E-state index contributed by atoms with van der Waals surface area (Å²) in [6.45, 7) is 0. The third kappa shape index (κ3) is 6.00. The van der Waals surface area contributed by atoms with E-state index in [2.05, 4.69) is 203 Å². The SMILES string of the molecule is c1ccc(-c2cc(-c3ccccc3)nc(-c3ccc(-c4cccc(-n5c6ccccc6c6cccc(-c7cccc(-n8c9ccccc9c9ccccc98)c7)c65)c4)cc3)n2)cc1. The summed E-state index contributed by atoms with van der Waals surface area (Å²) in [6, 6.07) is 82.2. The summed E-state index contributed by atoms with van der Waals surface area (Å²) >= 11 is 0. The summed E-state index contributed by atoms with van der Waals surface area (Å²) in [5.41, 5.74) is 16.5. The molecule has 0 saturated heterocycles. The van der Waals surface area contributed by atoms with Crippen molar-refractivity contribution in [1.29, 1.82) is 0 Å². The second-order valence-electron chi connectivity index (χ2n) is 15.8. The summed E-state index contributed by atoms with van der Waals surface area (Å²) in [6.07, 6.45) is 0. The Morgan fingerprint density at radius 2 is 0.710 bits per heavy atom. The van der Waals surface area contributed by atoms with Gasteiger partial charge in [-0.1, -0.05) is 182 Å². The van der Waals surface area contributed by atoms with Gasteiger partial charge in [-0.2, -0.15) is 0 Å². The molecule has 0 aliphatic carbocycles. The zero-order valence-electron chi connectivity index (χ0n) is 33.7. The van der Waals surface area contributed by atoms with Crippen molar-refractivity contribution < 1.29 is 0 Å². The number of hydrogen-bond donors (Lipinski definition) is 0. The van der Waals surface area contributed by atoms with E-state index in [0.29, 0.717) is 5.82 Å². The van der Waals surface area contributed by atoms with E-state index in [0.717, 1.165) is 50.6 Å². The third-order valence-corrected chi connectivity index (χ3v) is 12.1. The van der Waals surface area contributed by atoms with Crippen molar-refractivity contribution in [2.24, 2.45) is 0 Å². The molecule has 12 aromatic rings. The molecule has 0 N–H and O–H groups in total. The number of hydrogen-bond acceptors (Lipinski definition) is 2. The lowest BCUT2D eigenvalue weighted by Crippen LogP contribution is -1.97. The lowest BCUT2D eigenvalue weighted by atomic mass is 10.0. The molecule has 9 aromatic carbocycles. The molecule has 0 fully saturated rings. The number of aromatic nitrogens is 4. The molecular weight excluding hydrogens is 753 g/mol. The summed E-state index contributed by atoms with van der Waals surface area (Å²) in [5.74, 6) is 0.700. The quantitative estimate of drug-likeness (QED) is 0.161. The minimum atomic E-state index is 0.700. The highest BCUT2D eigenvalue weighted by atomic mass is 15.0. The smallest absolute Gasteiger partial charge is 0.160 e. The molecule has 0 unspecified atom stereocenters. The molecule has 290 valence electrons. The van der Waals surface area contributed by atoms with Crippen LogP contribution in [-0.4, -0.2) is 19.1 Å². The van der Waals surface area contributed by atoms with Crippen LogP contribution >= 0.6 is 0 Å². The van der Waals surface area contributed by atoms with Gasteiger partial charge in [0, 0.05) is 55.2 Å². The molecule has 3 aromatic heterocycles. The van der Waals surface area contributed by atoms with Gasteiger partial charge >= 0.3 is 0 Å². The first kappa shape index (κ1) is 35.6. The van der Waals surface area contributed by atoms with Crippen LogP contribution in [0.3, 0.4) is 0 Å². The van der Waals surface area contributed by atoms with Gasteiger partial charge in [0.15, 0.2) is 5.82 Å². The van der Waals surface area contributed by atoms with Gasteiger partial charge in [0.2, 0.25) is 0 Å². The summed E-state index contributed by atoms with van der Waals surface area (Å²) < 4.78 is 4.84. The van der Waals surface area contributed by atoms with Gasteiger partial charge in [0.25, 0.3) is 0 Å². The molecule has 3 heterocycles. The maximum absolute atomic E-state index is 5.07. The predicted molar refractivity (Wildman–Crippen MR) is 258 cm³/mol. The molecule has 0 saturated carbocycles. The second kappa shape index (κ2) is 14.7. The number of nitrogens with zero attached hydrogens (tertiary/aromatic N) is 4. The summed E-state index contributed by atoms with van der Waals surface area (Å²) in [7, 11) is 0. The second-order valence-corrected chi connectivity index (χ2v) is 15.8. The molecule has 0 amide bonds. The van der Waals surface area contributed by atoms with Crippen molar-refractivity contribution in [2.45, 2.75) is 0 Å². The van der Waals surface area contributed by atoms with Crippen molar-refractivity contribution in [3.8, 4) is 67.5 Å². The van der Waals surface area contributed by atoms with Crippen molar-refractivity contribution >= 4 is 43.6 Å². The minimum absolute atomic E-state index is 0.700. The monoisotopic (exact) mass is 790 g/mol. The van der Waals surface area contributed by atoms with Gasteiger partial charge in [0.1, 0.15) is 0 Å².